The number of rotatable bonds is 3. The van der Waals surface area contributed by atoms with Crippen molar-refractivity contribution in [2.75, 3.05) is 11.9 Å². The van der Waals surface area contributed by atoms with Crippen molar-refractivity contribution in [1.29, 1.82) is 5.26 Å². The molecule has 0 aliphatic carbocycles. The molecule has 2 aromatic rings. The van der Waals surface area contributed by atoms with E-state index in [1.54, 1.807) is 18.2 Å². The molecule has 1 aromatic carbocycles. The predicted octanol–water partition coefficient (Wildman–Crippen LogP) is 2.24. The van der Waals surface area contributed by atoms with Gasteiger partial charge < -0.3 is 5.32 Å². The van der Waals surface area contributed by atoms with E-state index in [1.807, 2.05) is 18.4 Å². The first-order chi connectivity index (χ1) is 10.5. The van der Waals surface area contributed by atoms with Crippen LogP contribution in [0.3, 0.4) is 0 Å². The van der Waals surface area contributed by atoms with Crippen LogP contribution in [-0.4, -0.2) is 21.0 Å². The average Bonchev–Trinajstić information content (AvgIpc) is 2.93. The minimum Gasteiger partial charge on any atom is -0.383 e. The Morgan fingerprint density at radius 3 is 2.91 bits per heavy atom. The minimum atomic E-state index is -3.49. The average molecular weight is 333 g/mol. The second kappa shape index (κ2) is 5.72. The first kappa shape index (κ1) is 15.0. The van der Waals surface area contributed by atoms with Crippen LogP contribution in [0.1, 0.15) is 16.7 Å². The number of aryl methyl sites for hydroxylation is 1. The van der Waals surface area contributed by atoms with Gasteiger partial charge in [0, 0.05) is 18.3 Å². The molecule has 1 unspecified atom stereocenters. The van der Waals surface area contributed by atoms with Crippen LogP contribution < -0.4 is 10.0 Å². The summed E-state index contributed by atoms with van der Waals surface area (Å²) in [7, 11) is -3.49. The lowest BCUT2D eigenvalue weighted by molar-refractivity contribution is 0.550. The zero-order valence-electron chi connectivity index (χ0n) is 12.0. The fraction of sp³-hybridized carbons (Fsp3) is 0.267. The number of nitriles is 1. The number of benzene rings is 1. The zero-order valence-corrected chi connectivity index (χ0v) is 13.6. The molecule has 0 bridgehead atoms. The van der Waals surface area contributed by atoms with Crippen LogP contribution in [0.5, 0.6) is 0 Å². The summed E-state index contributed by atoms with van der Waals surface area (Å²) in [6, 6.07) is 8.97. The van der Waals surface area contributed by atoms with Gasteiger partial charge in [-0.3, -0.25) is 0 Å². The Bertz CT molecular complexity index is 850. The van der Waals surface area contributed by atoms with Crippen molar-refractivity contribution in [3.8, 4) is 6.07 Å². The number of nitrogens with zero attached hydrogens (tertiary/aromatic N) is 1. The minimum absolute atomic E-state index is 0.228. The third kappa shape index (κ3) is 2.99. The Balaban J connectivity index is 1.79. The van der Waals surface area contributed by atoms with Crippen LogP contribution in [0, 0.1) is 18.3 Å². The maximum atomic E-state index is 12.4. The van der Waals surface area contributed by atoms with Gasteiger partial charge in [-0.25, -0.2) is 13.1 Å². The molecular formula is C15H15N3O2S2. The Labute approximate surface area is 133 Å². The van der Waals surface area contributed by atoms with Gasteiger partial charge in [-0.05, 0) is 54.1 Å². The summed E-state index contributed by atoms with van der Waals surface area (Å²) in [6.07, 6.45) is 0.571. The maximum absolute atomic E-state index is 12.4. The van der Waals surface area contributed by atoms with Gasteiger partial charge in [0.05, 0.1) is 11.6 Å². The van der Waals surface area contributed by atoms with E-state index in [1.165, 1.54) is 11.3 Å². The molecule has 1 aliphatic heterocycles. The van der Waals surface area contributed by atoms with E-state index >= 15 is 0 Å². The van der Waals surface area contributed by atoms with E-state index in [4.69, 9.17) is 5.26 Å². The lowest BCUT2D eigenvalue weighted by Crippen LogP contribution is -2.43. The van der Waals surface area contributed by atoms with Crippen molar-refractivity contribution in [3.63, 3.8) is 0 Å². The fourth-order valence-electron chi connectivity index (χ4n) is 2.48. The standard InChI is InChI=1S/C15H15N3O2S2/c1-10-4-15(21-9-10)22(19,20)18-13-6-12-5-11(7-16)2-3-14(12)17-8-13/h2-5,9,13,17-18H,6,8H2,1H3. The second-order valence-corrected chi connectivity index (χ2v) is 8.18. The van der Waals surface area contributed by atoms with Gasteiger partial charge in [0.1, 0.15) is 4.21 Å². The van der Waals surface area contributed by atoms with E-state index in [-0.39, 0.29) is 6.04 Å². The number of fused-ring (bicyclic) bond motifs is 1. The van der Waals surface area contributed by atoms with Crippen molar-refractivity contribution in [2.24, 2.45) is 0 Å². The summed E-state index contributed by atoms with van der Waals surface area (Å²) in [6.45, 7) is 2.40. The molecule has 22 heavy (non-hydrogen) atoms. The molecule has 0 saturated heterocycles. The van der Waals surface area contributed by atoms with Crippen LogP contribution in [0.4, 0.5) is 5.69 Å². The smallest absolute Gasteiger partial charge is 0.250 e. The van der Waals surface area contributed by atoms with Crippen LogP contribution in [-0.2, 0) is 16.4 Å². The molecule has 1 aliphatic rings. The summed E-state index contributed by atoms with van der Waals surface area (Å²) in [5.41, 5.74) is 3.44. The van der Waals surface area contributed by atoms with E-state index in [2.05, 4.69) is 16.1 Å². The largest absolute Gasteiger partial charge is 0.383 e. The molecule has 3 rings (SSSR count). The number of anilines is 1. The summed E-state index contributed by atoms with van der Waals surface area (Å²) >= 11 is 1.22. The Kier molecular flexibility index (Phi) is 3.91. The van der Waals surface area contributed by atoms with Gasteiger partial charge in [-0.1, -0.05) is 0 Å². The number of thiophene rings is 1. The van der Waals surface area contributed by atoms with E-state index in [9.17, 15) is 8.42 Å². The van der Waals surface area contributed by atoms with Crippen molar-refractivity contribution < 1.29 is 8.42 Å². The summed E-state index contributed by atoms with van der Waals surface area (Å²) in [5, 5.41) is 14.0. The molecular weight excluding hydrogens is 318 g/mol. The van der Waals surface area contributed by atoms with Crippen molar-refractivity contribution in [3.05, 3.63) is 46.3 Å². The van der Waals surface area contributed by atoms with E-state index in [0.717, 1.165) is 16.8 Å². The SMILES string of the molecule is Cc1csc(S(=O)(=O)NC2CNc3ccc(C#N)cc3C2)c1. The van der Waals surface area contributed by atoms with Crippen molar-refractivity contribution in [2.45, 2.75) is 23.6 Å². The highest BCUT2D eigenvalue weighted by molar-refractivity contribution is 7.91. The van der Waals surface area contributed by atoms with Crippen molar-refractivity contribution in [1.82, 2.24) is 4.72 Å². The molecule has 1 atom stereocenters. The van der Waals surface area contributed by atoms with Gasteiger partial charge >= 0.3 is 0 Å². The first-order valence-electron chi connectivity index (χ1n) is 6.82. The molecule has 1 aromatic heterocycles. The molecule has 0 spiro atoms. The zero-order chi connectivity index (χ0) is 15.7. The highest BCUT2D eigenvalue weighted by Crippen LogP contribution is 2.25. The Morgan fingerprint density at radius 1 is 1.41 bits per heavy atom. The van der Waals surface area contributed by atoms with Gasteiger partial charge in [-0.15, -0.1) is 11.3 Å². The van der Waals surface area contributed by atoms with Crippen LogP contribution in [0.2, 0.25) is 0 Å². The Hall–Kier alpha value is -1.88. The van der Waals surface area contributed by atoms with Gasteiger partial charge in [0.15, 0.2) is 0 Å². The van der Waals surface area contributed by atoms with Crippen LogP contribution in [0.25, 0.3) is 0 Å². The maximum Gasteiger partial charge on any atom is 0.250 e. The summed E-state index contributed by atoms with van der Waals surface area (Å²) < 4.78 is 27.8. The number of sulfonamides is 1. The highest BCUT2D eigenvalue weighted by atomic mass is 32.2. The van der Waals surface area contributed by atoms with Gasteiger partial charge in [0.25, 0.3) is 0 Å². The lowest BCUT2D eigenvalue weighted by atomic mass is 9.98. The third-order valence-corrected chi connectivity index (χ3v) is 6.61. The first-order valence-corrected chi connectivity index (χ1v) is 9.18. The molecule has 2 heterocycles. The summed E-state index contributed by atoms with van der Waals surface area (Å²) in [4.78, 5) is 0. The molecule has 0 radical (unpaired) electrons. The molecule has 7 heteroatoms. The molecule has 0 amide bonds. The van der Waals surface area contributed by atoms with Crippen LogP contribution in [0.15, 0.2) is 33.9 Å². The molecule has 2 N–H and O–H groups in total. The summed E-state index contributed by atoms with van der Waals surface area (Å²) in [5.74, 6) is 0. The van der Waals surface area contributed by atoms with Crippen LogP contribution >= 0.6 is 11.3 Å². The third-order valence-electron chi connectivity index (χ3n) is 3.53. The number of hydrogen-bond acceptors (Lipinski definition) is 5. The van der Waals surface area contributed by atoms with Crippen molar-refractivity contribution >= 4 is 27.0 Å². The van der Waals surface area contributed by atoms with E-state index < -0.39 is 10.0 Å². The fourth-order valence-corrected chi connectivity index (χ4v) is 4.96. The molecule has 5 nitrogen and oxygen atoms in total. The predicted molar refractivity (Wildman–Crippen MR) is 86.5 cm³/mol. The topological polar surface area (TPSA) is 82.0 Å². The number of hydrogen-bond donors (Lipinski definition) is 2. The highest BCUT2D eigenvalue weighted by Gasteiger charge is 2.25. The quantitative estimate of drug-likeness (QED) is 0.902. The van der Waals surface area contributed by atoms with Gasteiger partial charge in [0.2, 0.25) is 10.0 Å². The Morgan fingerprint density at radius 2 is 2.23 bits per heavy atom. The molecule has 114 valence electrons. The molecule has 0 saturated carbocycles. The van der Waals surface area contributed by atoms with Gasteiger partial charge in [-0.2, -0.15) is 5.26 Å². The van der Waals surface area contributed by atoms with E-state index in [0.29, 0.717) is 22.7 Å². The lowest BCUT2D eigenvalue weighted by Gasteiger charge is -2.26. The molecule has 0 fully saturated rings. The number of nitrogens with one attached hydrogen (secondary N) is 2. The monoisotopic (exact) mass is 333 g/mol. The second-order valence-electron chi connectivity index (χ2n) is 5.33. The normalized spacial score (nSPS) is 17.4.